The Morgan fingerprint density at radius 3 is 2.92 bits per heavy atom. The van der Waals surface area contributed by atoms with Crippen molar-refractivity contribution in [2.24, 2.45) is 0 Å². The van der Waals surface area contributed by atoms with E-state index in [0.717, 1.165) is 35.2 Å². The fourth-order valence-corrected chi connectivity index (χ4v) is 3.23. The molecule has 0 radical (unpaired) electrons. The normalized spacial score (nSPS) is 14.0. The van der Waals surface area contributed by atoms with E-state index in [-0.39, 0.29) is 12.5 Å². The van der Waals surface area contributed by atoms with Gasteiger partial charge in [-0.15, -0.1) is 0 Å². The number of nitrogens with zero attached hydrogens (tertiary/aromatic N) is 1. The highest BCUT2D eigenvalue weighted by molar-refractivity contribution is 5.87. The molecule has 3 rings (SSSR count). The minimum absolute atomic E-state index is 0.00515. The average molecular weight is 354 g/mol. The third kappa shape index (κ3) is 4.75. The largest absolute Gasteiger partial charge is 0.497 e. The summed E-state index contributed by atoms with van der Waals surface area (Å²) in [5, 5.41) is 3.78. The highest BCUT2D eigenvalue weighted by atomic mass is 16.5. The van der Waals surface area contributed by atoms with Crippen LogP contribution in [0.15, 0.2) is 35.9 Å². The molecule has 1 aromatic carbocycles. The second-order valence-electron chi connectivity index (χ2n) is 6.64. The number of rotatable bonds is 7. The van der Waals surface area contributed by atoms with Gasteiger partial charge in [0.05, 0.1) is 12.6 Å². The van der Waals surface area contributed by atoms with E-state index < -0.39 is 0 Å². The predicted octanol–water partition coefficient (Wildman–Crippen LogP) is 3.94. The molecule has 2 aromatic rings. The third-order valence-corrected chi connectivity index (χ3v) is 4.62. The summed E-state index contributed by atoms with van der Waals surface area (Å²) in [6.45, 7) is 2.57. The number of aromatic nitrogens is 1. The number of methoxy groups -OCH3 is 1. The molecule has 1 amide bonds. The minimum Gasteiger partial charge on any atom is -0.497 e. The van der Waals surface area contributed by atoms with Crippen LogP contribution in [0, 0.1) is 6.92 Å². The molecule has 1 aliphatic carbocycles. The Morgan fingerprint density at radius 1 is 1.27 bits per heavy atom. The highest BCUT2D eigenvalue weighted by Gasteiger charge is 2.10. The van der Waals surface area contributed by atoms with Crippen molar-refractivity contribution in [1.82, 2.24) is 10.3 Å². The van der Waals surface area contributed by atoms with E-state index in [1.807, 2.05) is 31.2 Å². The number of ether oxygens (including phenoxy) is 2. The summed E-state index contributed by atoms with van der Waals surface area (Å²) in [6, 6.07) is 7.49. The number of benzene rings is 1. The topological polar surface area (TPSA) is 60.5 Å². The molecule has 0 unspecified atom stereocenters. The van der Waals surface area contributed by atoms with Crippen molar-refractivity contribution in [2.75, 3.05) is 20.3 Å². The summed E-state index contributed by atoms with van der Waals surface area (Å²) in [4.78, 5) is 16.6. The van der Waals surface area contributed by atoms with Gasteiger partial charge in [-0.25, -0.2) is 0 Å². The first kappa shape index (κ1) is 18.2. The monoisotopic (exact) mass is 354 g/mol. The molecule has 0 saturated heterocycles. The Hall–Kier alpha value is -2.56. The van der Waals surface area contributed by atoms with Gasteiger partial charge in [-0.05, 0) is 57.2 Å². The van der Waals surface area contributed by atoms with E-state index in [0.29, 0.717) is 12.3 Å². The first-order valence-corrected chi connectivity index (χ1v) is 9.18. The number of carbonyl (C=O) groups is 1. The van der Waals surface area contributed by atoms with Gasteiger partial charge in [-0.3, -0.25) is 9.78 Å². The van der Waals surface area contributed by atoms with Crippen molar-refractivity contribution >= 4 is 16.8 Å². The van der Waals surface area contributed by atoms with Crippen molar-refractivity contribution in [3.05, 3.63) is 41.6 Å². The molecule has 0 bridgehead atoms. The third-order valence-electron chi connectivity index (χ3n) is 4.62. The van der Waals surface area contributed by atoms with Gasteiger partial charge < -0.3 is 14.8 Å². The lowest BCUT2D eigenvalue weighted by Crippen LogP contribution is -2.30. The van der Waals surface area contributed by atoms with Crippen LogP contribution in [-0.2, 0) is 4.79 Å². The summed E-state index contributed by atoms with van der Waals surface area (Å²) >= 11 is 0. The van der Waals surface area contributed by atoms with E-state index in [1.54, 1.807) is 7.11 Å². The molecule has 1 aromatic heterocycles. The molecular formula is C21H26N2O3. The predicted molar refractivity (Wildman–Crippen MR) is 103 cm³/mol. The van der Waals surface area contributed by atoms with Crippen LogP contribution in [0.1, 0.15) is 37.8 Å². The van der Waals surface area contributed by atoms with Crippen LogP contribution in [0.2, 0.25) is 0 Å². The number of fused-ring (bicyclic) bond motifs is 1. The van der Waals surface area contributed by atoms with Crippen LogP contribution < -0.4 is 14.8 Å². The molecule has 5 heteroatoms. The molecule has 1 N–H and O–H groups in total. The molecule has 1 heterocycles. The van der Waals surface area contributed by atoms with Gasteiger partial charge in [-0.2, -0.15) is 0 Å². The molecular weight excluding hydrogens is 328 g/mol. The Morgan fingerprint density at radius 2 is 2.15 bits per heavy atom. The standard InChI is InChI=1S/C21H26N2O3/c1-15-12-20(18-13-17(25-2)8-9-19(18)23-15)26-14-21(24)22-11-10-16-6-4-3-5-7-16/h6,8-9,12-13H,3-5,7,10-11,14H2,1-2H3,(H,22,24). The average Bonchev–Trinajstić information content (AvgIpc) is 2.66. The minimum atomic E-state index is -0.105. The van der Waals surface area contributed by atoms with Crippen molar-refractivity contribution < 1.29 is 14.3 Å². The van der Waals surface area contributed by atoms with Gasteiger partial charge in [0.15, 0.2) is 6.61 Å². The van der Waals surface area contributed by atoms with Gasteiger partial charge in [-0.1, -0.05) is 11.6 Å². The van der Waals surface area contributed by atoms with Crippen LogP contribution in [0.3, 0.4) is 0 Å². The van der Waals surface area contributed by atoms with Gasteiger partial charge in [0, 0.05) is 23.7 Å². The van der Waals surface area contributed by atoms with Crippen molar-refractivity contribution in [3.8, 4) is 11.5 Å². The van der Waals surface area contributed by atoms with Crippen LogP contribution in [0.4, 0.5) is 0 Å². The first-order valence-electron chi connectivity index (χ1n) is 9.18. The molecule has 0 atom stereocenters. The smallest absolute Gasteiger partial charge is 0.257 e. The molecule has 0 saturated carbocycles. The summed E-state index contributed by atoms with van der Waals surface area (Å²) in [5.41, 5.74) is 3.13. The van der Waals surface area contributed by atoms with Gasteiger partial charge in [0.2, 0.25) is 0 Å². The molecule has 138 valence electrons. The molecule has 0 spiro atoms. The van der Waals surface area contributed by atoms with Crippen LogP contribution in [-0.4, -0.2) is 31.2 Å². The molecule has 0 aliphatic heterocycles. The molecule has 26 heavy (non-hydrogen) atoms. The van der Waals surface area contributed by atoms with E-state index in [9.17, 15) is 4.79 Å². The number of hydrogen-bond donors (Lipinski definition) is 1. The number of amides is 1. The van der Waals surface area contributed by atoms with E-state index in [2.05, 4.69) is 16.4 Å². The number of pyridine rings is 1. The number of nitrogens with one attached hydrogen (secondary N) is 1. The van der Waals surface area contributed by atoms with Crippen LogP contribution >= 0.6 is 0 Å². The van der Waals surface area contributed by atoms with Crippen molar-refractivity contribution in [1.29, 1.82) is 0 Å². The van der Waals surface area contributed by atoms with Gasteiger partial charge in [0.25, 0.3) is 5.91 Å². The highest BCUT2D eigenvalue weighted by Crippen LogP contribution is 2.29. The van der Waals surface area contributed by atoms with Crippen molar-refractivity contribution in [3.63, 3.8) is 0 Å². The zero-order valence-electron chi connectivity index (χ0n) is 15.5. The summed E-state index contributed by atoms with van der Waals surface area (Å²) < 4.78 is 11.1. The Labute approximate surface area is 154 Å². The zero-order chi connectivity index (χ0) is 18.4. The van der Waals surface area contributed by atoms with E-state index in [1.165, 1.54) is 24.8 Å². The van der Waals surface area contributed by atoms with Gasteiger partial charge in [0.1, 0.15) is 11.5 Å². The zero-order valence-corrected chi connectivity index (χ0v) is 15.5. The van der Waals surface area contributed by atoms with Crippen LogP contribution in [0.25, 0.3) is 10.9 Å². The maximum atomic E-state index is 12.1. The lowest BCUT2D eigenvalue weighted by Gasteiger charge is -2.14. The van der Waals surface area contributed by atoms with Gasteiger partial charge >= 0.3 is 0 Å². The number of allylic oxidation sites excluding steroid dienone is 1. The summed E-state index contributed by atoms with van der Waals surface area (Å²) in [7, 11) is 1.62. The maximum absolute atomic E-state index is 12.1. The Bertz CT molecular complexity index is 814. The maximum Gasteiger partial charge on any atom is 0.257 e. The summed E-state index contributed by atoms with van der Waals surface area (Å²) in [5.74, 6) is 1.28. The fraction of sp³-hybridized carbons (Fsp3) is 0.429. The second-order valence-corrected chi connectivity index (χ2v) is 6.64. The Balaban J connectivity index is 1.58. The number of hydrogen-bond acceptors (Lipinski definition) is 4. The first-order chi connectivity index (χ1) is 12.7. The Kier molecular flexibility index (Phi) is 6.10. The molecule has 1 aliphatic rings. The van der Waals surface area contributed by atoms with Crippen LogP contribution in [0.5, 0.6) is 11.5 Å². The number of carbonyl (C=O) groups excluding carboxylic acids is 1. The lowest BCUT2D eigenvalue weighted by molar-refractivity contribution is -0.123. The van der Waals surface area contributed by atoms with E-state index in [4.69, 9.17) is 9.47 Å². The van der Waals surface area contributed by atoms with E-state index >= 15 is 0 Å². The second kappa shape index (κ2) is 8.70. The quantitative estimate of drug-likeness (QED) is 0.765. The fourth-order valence-electron chi connectivity index (χ4n) is 3.23. The SMILES string of the molecule is COc1ccc2nc(C)cc(OCC(=O)NCCC3=CCCCC3)c2c1. The van der Waals surface area contributed by atoms with Crippen molar-refractivity contribution in [2.45, 2.75) is 39.0 Å². The summed E-state index contributed by atoms with van der Waals surface area (Å²) in [6.07, 6.45) is 8.13. The lowest BCUT2D eigenvalue weighted by atomic mass is 9.97. The molecule has 0 fully saturated rings. The number of aryl methyl sites for hydroxylation is 1. The molecule has 5 nitrogen and oxygen atoms in total.